The van der Waals surface area contributed by atoms with Crippen LogP contribution in [0.3, 0.4) is 0 Å². The van der Waals surface area contributed by atoms with Crippen molar-refractivity contribution < 1.29 is 20.1 Å². The average Bonchev–Trinajstić information content (AvgIpc) is 3.14. The fraction of sp³-hybridized carbons (Fsp3) is 0.673. The quantitative estimate of drug-likeness (QED) is 0.0679. The van der Waals surface area contributed by atoms with Gasteiger partial charge in [-0.2, -0.15) is 0 Å². The fourth-order valence-electron chi connectivity index (χ4n) is 10.2. The smallest absolute Gasteiger partial charge is 0.262 e. The van der Waals surface area contributed by atoms with E-state index in [1.165, 1.54) is 48.8 Å². The molecule has 2 aromatic carbocycles. The number of hydrogen-bond acceptors (Lipinski definition) is 4. The van der Waals surface area contributed by atoms with E-state index in [1.54, 1.807) is 15.8 Å². The summed E-state index contributed by atoms with van der Waals surface area (Å²) in [5.74, 6) is 5.56. The summed E-state index contributed by atoms with van der Waals surface area (Å²) in [7, 11) is 0. The molecule has 4 atom stereocenters. The van der Waals surface area contributed by atoms with Gasteiger partial charge in [0.1, 0.15) is 28.6 Å². The third kappa shape index (κ3) is 18.5. The Morgan fingerprint density at radius 2 is 1.13 bits per heavy atom. The van der Waals surface area contributed by atoms with Crippen molar-refractivity contribution in [3.8, 4) is 23.0 Å². The number of halogens is 2. The van der Waals surface area contributed by atoms with Crippen LogP contribution in [0.15, 0.2) is 59.7 Å². The van der Waals surface area contributed by atoms with E-state index in [-0.39, 0.29) is 40.2 Å². The first-order chi connectivity index (χ1) is 29.2. The molecule has 0 radical (unpaired) electrons. The lowest BCUT2D eigenvalue weighted by molar-refractivity contribution is 0.0107. The van der Waals surface area contributed by atoms with Gasteiger partial charge in [0.2, 0.25) is 0 Å². The van der Waals surface area contributed by atoms with E-state index in [2.05, 4.69) is 108 Å². The number of benzene rings is 2. The van der Waals surface area contributed by atoms with Gasteiger partial charge in [0.05, 0.1) is 5.34 Å². The van der Waals surface area contributed by atoms with Crippen molar-refractivity contribution >= 4 is 37.4 Å². The maximum Gasteiger partial charge on any atom is 0.262 e. The fourth-order valence-corrected chi connectivity index (χ4v) is 14.8. The molecule has 0 spiro atoms. The third-order valence-electron chi connectivity index (χ3n) is 13.0. The molecule has 0 bridgehead atoms. The highest BCUT2D eigenvalue weighted by Gasteiger charge is 2.45. The molecular weight excluding hydrogens is 822 g/mol. The SMILES string of the molecule is C=C(C)[C@H]1CCC(C)=C[C@@H]1c1c(O)cc(CCCCC)cc1O.CC(C)[CH2][Al]([CH2]C(C)C)[CH2]C(C)C.CCCCCc1cc(O)c2c(c1)OC(C)(C)[C@H]1CCC(C)=C[C@H]21.ClCCl. The maximum absolute atomic E-state index is 10.7. The molecule has 7 heteroatoms. The Bertz CT molecular complexity index is 1660. The van der Waals surface area contributed by atoms with Crippen LogP contribution >= 0.6 is 23.2 Å². The van der Waals surface area contributed by atoms with Crippen molar-refractivity contribution in [2.45, 2.75) is 200 Å². The molecule has 2 aromatic rings. The van der Waals surface area contributed by atoms with Crippen molar-refractivity contribution in [3.63, 3.8) is 0 Å². The molecule has 0 saturated carbocycles. The van der Waals surface area contributed by atoms with Crippen LogP contribution in [0, 0.1) is 29.6 Å². The Kier molecular flexibility index (Phi) is 25.4. The molecule has 350 valence electrons. The summed E-state index contributed by atoms with van der Waals surface area (Å²) < 4.78 is 6.36. The van der Waals surface area contributed by atoms with Crippen LogP contribution in [0.1, 0.15) is 188 Å². The number of hydrogen-bond donors (Lipinski definition) is 3. The van der Waals surface area contributed by atoms with Crippen LogP contribution < -0.4 is 4.74 Å². The molecule has 62 heavy (non-hydrogen) atoms. The summed E-state index contributed by atoms with van der Waals surface area (Å²) in [6.45, 7) is 33.5. The van der Waals surface area contributed by atoms with Gasteiger partial charge in [-0.3, -0.25) is 0 Å². The molecule has 1 aliphatic heterocycles. The molecule has 0 saturated heterocycles. The van der Waals surface area contributed by atoms with E-state index in [4.69, 9.17) is 27.9 Å². The molecule has 4 nitrogen and oxygen atoms in total. The molecule has 3 N–H and O–H groups in total. The summed E-state index contributed by atoms with van der Waals surface area (Å²) in [5.41, 5.74) is 7.57. The number of unbranched alkanes of at least 4 members (excludes halogenated alkanes) is 4. The summed E-state index contributed by atoms with van der Waals surface area (Å²) in [4.78, 5) is 0. The second-order valence-electron chi connectivity index (χ2n) is 20.8. The minimum absolute atomic E-state index is 0.0194. The average molecular weight is 912 g/mol. The van der Waals surface area contributed by atoms with Crippen molar-refractivity contribution in [3.05, 3.63) is 82.0 Å². The second-order valence-corrected chi connectivity index (χ2v) is 24.7. The van der Waals surface area contributed by atoms with Crippen molar-refractivity contribution in [1.29, 1.82) is 0 Å². The predicted octanol–water partition coefficient (Wildman–Crippen LogP) is 17.5. The molecule has 0 fully saturated rings. The predicted molar refractivity (Wildman–Crippen MR) is 274 cm³/mol. The van der Waals surface area contributed by atoms with Gasteiger partial charge in [0, 0.05) is 28.9 Å². The largest absolute Gasteiger partial charge is 0.507 e. The van der Waals surface area contributed by atoms with Crippen molar-refractivity contribution in [2.75, 3.05) is 5.34 Å². The first-order valence-corrected chi connectivity index (χ1v) is 27.9. The standard InChI is InChI=1S/2C21H30O2.3C4H9.CH2Cl2.Al/c1-5-6-7-8-15-12-18(22)20-16-11-14(2)9-10-17(16)21(3,4)23-19(20)13-15;1-5-6-7-8-16-12-19(22)21(20(23)13-16)18-11-15(4)9-10-17(18)14(2)3;3*1-4(2)3;2-1-3;/h11-13,16-17,22H,5-10H2,1-4H3;11-13,17-18,22-23H,2,5-10H2,1,3-4H3;3*4H,1H2,2-3H3;1H2;/t16-,17-;17-,18+;;;;;/m01...../s1. The molecule has 0 aromatic heterocycles. The van der Waals surface area contributed by atoms with Gasteiger partial charge in [-0.15, -0.1) is 23.2 Å². The normalized spacial score (nSPS) is 19.9. The molecule has 0 unspecified atom stereocenters. The Labute approximate surface area is 395 Å². The first-order valence-electron chi connectivity index (χ1n) is 24.4. The van der Waals surface area contributed by atoms with E-state index < -0.39 is 14.1 Å². The topological polar surface area (TPSA) is 69.9 Å². The number of allylic oxidation sites excluding steroid dienone is 5. The van der Waals surface area contributed by atoms with Gasteiger partial charge >= 0.3 is 0 Å². The second kappa shape index (κ2) is 28.1. The van der Waals surface area contributed by atoms with Crippen LogP contribution in [0.4, 0.5) is 0 Å². The van der Waals surface area contributed by atoms with E-state index >= 15 is 0 Å². The van der Waals surface area contributed by atoms with Gasteiger partial charge in [-0.25, -0.2) is 0 Å². The van der Waals surface area contributed by atoms with E-state index in [1.807, 2.05) is 25.1 Å². The highest BCUT2D eigenvalue weighted by Crippen LogP contribution is 2.53. The molecule has 5 rings (SSSR count). The van der Waals surface area contributed by atoms with Gasteiger partial charge in [-0.1, -0.05) is 150 Å². The lowest BCUT2D eigenvalue weighted by atomic mass is 9.68. The Morgan fingerprint density at radius 3 is 1.56 bits per heavy atom. The van der Waals surface area contributed by atoms with Gasteiger partial charge < -0.3 is 20.1 Å². The van der Waals surface area contributed by atoms with Crippen LogP contribution in [0.25, 0.3) is 0 Å². The maximum atomic E-state index is 10.7. The number of fused-ring (bicyclic) bond motifs is 3. The van der Waals surface area contributed by atoms with Crippen LogP contribution in [-0.4, -0.2) is 40.4 Å². The molecule has 0 amide bonds. The molecule has 3 aliphatic rings. The van der Waals surface area contributed by atoms with E-state index in [9.17, 15) is 15.3 Å². The van der Waals surface area contributed by atoms with Crippen LogP contribution in [0.5, 0.6) is 23.0 Å². The van der Waals surface area contributed by atoms with Gasteiger partial charge in [0.25, 0.3) is 14.1 Å². The number of aryl methyl sites for hydroxylation is 2. The molecule has 2 aliphatic carbocycles. The summed E-state index contributed by atoms with van der Waals surface area (Å²) in [5, 5.41) is 36.6. The highest BCUT2D eigenvalue weighted by molar-refractivity contribution is 6.58. The Morgan fingerprint density at radius 1 is 0.710 bits per heavy atom. The zero-order valence-corrected chi connectivity index (χ0v) is 44.3. The zero-order valence-electron chi connectivity index (χ0n) is 41.6. The number of ether oxygens (including phenoxy) is 1. The third-order valence-corrected chi connectivity index (χ3v) is 17.8. The monoisotopic (exact) mass is 911 g/mol. The Balaban J connectivity index is 0.000000322. The number of phenols is 3. The summed E-state index contributed by atoms with van der Waals surface area (Å²) in [6, 6.07) is 7.79. The van der Waals surface area contributed by atoms with Crippen molar-refractivity contribution in [1.82, 2.24) is 0 Å². The van der Waals surface area contributed by atoms with Crippen LogP contribution in [0.2, 0.25) is 15.8 Å². The van der Waals surface area contributed by atoms with Crippen LogP contribution in [-0.2, 0) is 12.8 Å². The number of rotatable bonds is 16. The number of alkyl halides is 2. The highest BCUT2D eigenvalue weighted by atomic mass is 35.5. The zero-order chi connectivity index (χ0) is 46.7. The number of phenolic OH excluding ortho intramolecular Hbond substituents is 3. The minimum atomic E-state index is -0.407. The molecule has 1 heterocycles. The van der Waals surface area contributed by atoms with Crippen molar-refractivity contribution in [2.24, 2.45) is 29.6 Å². The lowest BCUT2D eigenvalue weighted by Crippen LogP contribution is -2.45. The Hall–Kier alpha value is -2.03. The van der Waals surface area contributed by atoms with E-state index in [0.717, 1.165) is 85.1 Å². The first kappa shape index (κ1) is 56.1. The number of aromatic hydroxyl groups is 3. The molecular formula is C55H89AlCl2O4. The summed E-state index contributed by atoms with van der Waals surface area (Å²) in [6.07, 6.45) is 17.9. The van der Waals surface area contributed by atoms with Gasteiger partial charge in [-0.05, 0) is 127 Å². The minimum Gasteiger partial charge on any atom is -0.507 e. The summed E-state index contributed by atoms with van der Waals surface area (Å²) >= 11 is 9.12. The van der Waals surface area contributed by atoms with Gasteiger partial charge in [0.15, 0.2) is 0 Å². The van der Waals surface area contributed by atoms with E-state index in [0.29, 0.717) is 17.2 Å². The lowest BCUT2D eigenvalue weighted by Gasteiger charge is -2.46.